The van der Waals surface area contributed by atoms with Crippen molar-refractivity contribution in [2.75, 3.05) is 0 Å². The minimum Gasteiger partial charge on any atom is -1.00 e. The fourth-order valence-electron chi connectivity index (χ4n) is 2.97. The minimum absolute atomic E-state index is 0. The van der Waals surface area contributed by atoms with E-state index in [2.05, 4.69) is 13.8 Å². The number of carboxylic acid groups (broad SMARTS) is 1. The second-order valence-corrected chi connectivity index (χ2v) is 6.45. The van der Waals surface area contributed by atoms with Crippen molar-refractivity contribution in [3.63, 3.8) is 0 Å². The van der Waals surface area contributed by atoms with Crippen LogP contribution in [0.15, 0.2) is 12.1 Å². The molecule has 0 radical (unpaired) electrons. The molecule has 0 aliphatic heterocycles. The van der Waals surface area contributed by atoms with E-state index in [-0.39, 0.29) is 37.4 Å². The summed E-state index contributed by atoms with van der Waals surface area (Å²) in [6, 6.07) is 3.76. The maximum atomic E-state index is 11.0. The summed E-state index contributed by atoms with van der Waals surface area (Å²) in [4.78, 5) is 11.0. The number of aromatic hydroxyl groups is 1. The Morgan fingerprint density at radius 1 is 0.917 bits per heavy atom. The second kappa shape index (κ2) is 13.7. The Morgan fingerprint density at radius 3 is 1.75 bits per heavy atom. The molecule has 0 aromatic heterocycles. The number of rotatable bonds is 12. The zero-order chi connectivity index (χ0) is 17.1. The summed E-state index contributed by atoms with van der Waals surface area (Å²) in [5, 5.41) is 19.6. The molecule has 1 aromatic carbocycles. The Morgan fingerprint density at radius 2 is 1.38 bits per heavy atom. The smallest absolute Gasteiger partial charge is 1.00 e. The number of hydrogen-bond donors (Lipinski definition) is 2. The zero-order valence-electron chi connectivity index (χ0n) is 16.7. The second-order valence-electron chi connectivity index (χ2n) is 6.45. The molecule has 0 saturated carbocycles. The number of phenolic OH excluding ortho intramolecular Hbond substituents is 1. The molecule has 0 spiro atoms. The predicted octanol–water partition coefficient (Wildman–Crippen LogP) is 2.38. The van der Waals surface area contributed by atoms with Gasteiger partial charge in [0.2, 0.25) is 0 Å². The third kappa shape index (κ3) is 9.10. The van der Waals surface area contributed by atoms with E-state index in [9.17, 15) is 9.90 Å². The molecule has 2 N–H and O–H groups in total. The number of phenols is 1. The number of carboxylic acids is 1. The first-order valence-corrected chi connectivity index (χ1v) is 9.13. The van der Waals surface area contributed by atoms with Crippen LogP contribution in [0.5, 0.6) is 5.75 Å². The van der Waals surface area contributed by atoms with Gasteiger partial charge in [-0.2, -0.15) is 0 Å². The van der Waals surface area contributed by atoms with Gasteiger partial charge in [-0.3, -0.25) is 4.79 Å². The monoisotopic (exact) mass is 344 g/mol. The predicted molar refractivity (Wildman–Crippen MR) is 96.3 cm³/mol. The molecule has 24 heavy (non-hydrogen) atoms. The number of carbonyl (C=O) groups is 1. The molecule has 0 saturated heterocycles. The van der Waals surface area contributed by atoms with Crippen molar-refractivity contribution in [1.29, 1.82) is 0 Å². The van der Waals surface area contributed by atoms with Crippen LogP contribution in [0.25, 0.3) is 0 Å². The zero-order valence-corrected chi connectivity index (χ0v) is 17.7. The molecule has 0 bridgehead atoms. The van der Waals surface area contributed by atoms with Crippen molar-refractivity contribution in [2.45, 2.75) is 84.5 Å². The van der Waals surface area contributed by atoms with Crippen molar-refractivity contribution < 1.29 is 46.0 Å². The molecular weight excluding hydrogens is 311 g/mol. The molecule has 0 fully saturated rings. The van der Waals surface area contributed by atoms with Crippen LogP contribution in [-0.4, -0.2) is 16.2 Å². The van der Waals surface area contributed by atoms with Gasteiger partial charge in [-0.05, 0) is 42.4 Å². The molecular formula is C20H33NaO3. The van der Waals surface area contributed by atoms with Crippen LogP contribution >= 0.6 is 0 Å². The Hall–Kier alpha value is -0.510. The SMILES string of the molecule is CCCCCCc1cc(CC(=O)O)cc(CCCCCC)c1O.[H-].[Na+]. The summed E-state index contributed by atoms with van der Waals surface area (Å²) in [6.45, 7) is 4.36. The topological polar surface area (TPSA) is 57.5 Å². The van der Waals surface area contributed by atoms with Gasteiger partial charge in [0.1, 0.15) is 5.75 Å². The van der Waals surface area contributed by atoms with E-state index < -0.39 is 5.97 Å². The van der Waals surface area contributed by atoms with Gasteiger partial charge < -0.3 is 11.6 Å². The summed E-state index contributed by atoms with van der Waals surface area (Å²) in [7, 11) is 0. The molecule has 0 heterocycles. The van der Waals surface area contributed by atoms with Crippen molar-refractivity contribution in [3.8, 4) is 5.75 Å². The third-order valence-corrected chi connectivity index (χ3v) is 4.28. The molecule has 132 valence electrons. The summed E-state index contributed by atoms with van der Waals surface area (Å²) >= 11 is 0. The number of benzene rings is 1. The number of unbranched alkanes of at least 4 members (excludes halogenated alkanes) is 6. The first-order valence-electron chi connectivity index (χ1n) is 9.13. The minimum atomic E-state index is -0.815. The molecule has 0 atom stereocenters. The molecule has 0 aliphatic rings. The third-order valence-electron chi connectivity index (χ3n) is 4.28. The summed E-state index contributed by atoms with van der Waals surface area (Å²) in [6.07, 6.45) is 10.9. The van der Waals surface area contributed by atoms with E-state index in [0.717, 1.165) is 55.2 Å². The molecule has 0 aliphatic carbocycles. The van der Waals surface area contributed by atoms with Crippen LogP contribution in [0, 0.1) is 0 Å². The van der Waals surface area contributed by atoms with Crippen molar-refractivity contribution in [1.82, 2.24) is 0 Å². The number of aliphatic carboxylic acids is 1. The Kier molecular flexibility index (Phi) is 13.5. The molecule has 0 amide bonds. The van der Waals surface area contributed by atoms with Gasteiger partial charge in [-0.15, -0.1) is 0 Å². The van der Waals surface area contributed by atoms with Crippen LogP contribution in [0.1, 0.15) is 83.3 Å². The van der Waals surface area contributed by atoms with Gasteiger partial charge in [-0.25, -0.2) is 0 Å². The normalized spacial score (nSPS) is 10.4. The average molecular weight is 344 g/mol. The average Bonchev–Trinajstić information content (AvgIpc) is 2.51. The largest absolute Gasteiger partial charge is 1.00 e. The van der Waals surface area contributed by atoms with Crippen LogP contribution in [0.4, 0.5) is 0 Å². The summed E-state index contributed by atoms with van der Waals surface area (Å²) in [5.41, 5.74) is 2.65. The first-order chi connectivity index (χ1) is 11.1. The molecule has 0 unspecified atom stereocenters. The first kappa shape index (κ1) is 23.5. The van der Waals surface area contributed by atoms with Gasteiger partial charge >= 0.3 is 35.5 Å². The van der Waals surface area contributed by atoms with Crippen molar-refractivity contribution >= 4 is 5.97 Å². The fraction of sp³-hybridized carbons (Fsp3) is 0.650. The number of hydrogen-bond acceptors (Lipinski definition) is 2. The van der Waals surface area contributed by atoms with E-state index in [1.807, 2.05) is 12.1 Å². The van der Waals surface area contributed by atoms with Crippen LogP contribution in [0.2, 0.25) is 0 Å². The van der Waals surface area contributed by atoms with E-state index in [0.29, 0.717) is 5.75 Å². The van der Waals surface area contributed by atoms with E-state index in [1.54, 1.807) is 0 Å². The Bertz CT molecular complexity index is 459. The van der Waals surface area contributed by atoms with Crippen LogP contribution in [0.3, 0.4) is 0 Å². The molecule has 3 nitrogen and oxygen atoms in total. The van der Waals surface area contributed by atoms with Crippen LogP contribution < -0.4 is 29.6 Å². The van der Waals surface area contributed by atoms with Crippen LogP contribution in [-0.2, 0) is 24.1 Å². The molecule has 4 heteroatoms. The Balaban J connectivity index is 0. The van der Waals surface area contributed by atoms with Crippen molar-refractivity contribution in [3.05, 3.63) is 28.8 Å². The van der Waals surface area contributed by atoms with E-state index in [4.69, 9.17) is 5.11 Å². The quantitative estimate of drug-likeness (QED) is 0.452. The molecule has 1 aromatic rings. The van der Waals surface area contributed by atoms with Gasteiger partial charge in [0, 0.05) is 0 Å². The van der Waals surface area contributed by atoms with E-state index >= 15 is 0 Å². The summed E-state index contributed by atoms with van der Waals surface area (Å²) in [5.74, 6) is -0.420. The van der Waals surface area contributed by atoms with Gasteiger partial charge in [-0.1, -0.05) is 64.5 Å². The van der Waals surface area contributed by atoms with E-state index in [1.165, 1.54) is 25.7 Å². The molecule has 1 rings (SSSR count). The number of aryl methyl sites for hydroxylation is 2. The standard InChI is InChI=1S/C20H32O3.Na.H/c1-3-5-7-9-11-17-13-16(15-19(21)22)14-18(20(17)23)12-10-8-6-4-2;;/h13-14,23H,3-12,15H2,1-2H3,(H,21,22);;/q;+1;-1. The van der Waals surface area contributed by atoms with Gasteiger partial charge in [0.15, 0.2) is 0 Å². The van der Waals surface area contributed by atoms with Gasteiger partial charge in [0.05, 0.1) is 6.42 Å². The van der Waals surface area contributed by atoms with Crippen molar-refractivity contribution in [2.24, 2.45) is 0 Å². The van der Waals surface area contributed by atoms with Gasteiger partial charge in [0.25, 0.3) is 0 Å². The summed E-state index contributed by atoms with van der Waals surface area (Å²) < 4.78 is 0. The fourth-order valence-corrected chi connectivity index (χ4v) is 2.97. The Labute approximate surface area is 170 Å². The maximum Gasteiger partial charge on any atom is 1.00 e. The maximum absolute atomic E-state index is 11.0.